The molecule has 0 bridgehead atoms. The molecule has 2 saturated heterocycles. The zero-order valence-electron chi connectivity index (χ0n) is 14.1. The number of nitrogens with zero attached hydrogens (tertiary/aromatic N) is 2. The smallest absolute Gasteiger partial charge is 0.317 e. The molecular formula is C17H25N3O3S. The van der Waals surface area contributed by atoms with Gasteiger partial charge in [-0.15, -0.1) is 0 Å². The molecule has 2 aliphatic heterocycles. The molecule has 2 amide bonds. The minimum atomic E-state index is -2.96. The van der Waals surface area contributed by atoms with Crippen LogP contribution in [0, 0.1) is 6.92 Å². The number of sulfone groups is 1. The normalized spacial score (nSPS) is 24.0. The minimum Gasteiger partial charge on any atom is -0.334 e. The van der Waals surface area contributed by atoms with Crippen LogP contribution in [0.4, 0.5) is 4.79 Å². The van der Waals surface area contributed by atoms with Gasteiger partial charge in [0.25, 0.3) is 0 Å². The molecule has 6 nitrogen and oxygen atoms in total. The van der Waals surface area contributed by atoms with E-state index in [4.69, 9.17) is 0 Å². The fourth-order valence-electron chi connectivity index (χ4n) is 3.35. The van der Waals surface area contributed by atoms with Gasteiger partial charge in [0.1, 0.15) is 0 Å². The van der Waals surface area contributed by atoms with Crippen LogP contribution in [0.25, 0.3) is 0 Å². The van der Waals surface area contributed by atoms with Crippen LogP contribution in [0.3, 0.4) is 0 Å². The topological polar surface area (TPSA) is 69.7 Å². The lowest BCUT2D eigenvalue weighted by Crippen LogP contribution is -2.53. The van der Waals surface area contributed by atoms with Crippen LogP contribution in [0.5, 0.6) is 0 Å². The number of hydrogen-bond acceptors (Lipinski definition) is 4. The first-order valence-electron chi connectivity index (χ1n) is 8.45. The van der Waals surface area contributed by atoms with Crippen LogP contribution in [0.2, 0.25) is 0 Å². The van der Waals surface area contributed by atoms with Crippen LogP contribution < -0.4 is 5.32 Å². The van der Waals surface area contributed by atoms with Gasteiger partial charge in [0.05, 0.1) is 11.5 Å². The molecule has 0 spiro atoms. The van der Waals surface area contributed by atoms with Gasteiger partial charge in [-0.25, -0.2) is 13.2 Å². The highest BCUT2D eigenvalue weighted by molar-refractivity contribution is 7.91. The quantitative estimate of drug-likeness (QED) is 0.882. The Bertz CT molecular complexity index is 697. The summed E-state index contributed by atoms with van der Waals surface area (Å²) in [7, 11) is -2.96. The molecule has 0 saturated carbocycles. The Balaban J connectivity index is 1.45. The fourth-order valence-corrected chi connectivity index (χ4v) is 5.03. The van der Waals surface area contributed by atoms with Gasteiger partial charge >= 0.3 is 6.03 Å². The van der Waals surface area contributed by atoms with E-state index in [1.165, 1.54) is 11.1 Å². The summed E-state index contributed by atoms with van der Waals surface area (Å²) in [6.45, 7) is 6.02. The third kappa shape index (κ3) is 4.48. The standard InChI is InChI=1S/C17H25N3O3S/c1-14-3-2-4-15(11-14)12-19-6-8-20(9-7-19)17(21)18-16-5-10-24(22,23)13-16/h2-4,11,16H,5-10,12-13H2,1H3,(H,18,21). The fraction of sp³-hybridized carbons (Fsp3) is 0.588. The van der Waals surface area contributed by atoms with Crippen molar-refractivity contribution in [2.75, 3.05) is 37.7 Å². The number of nitrogens with one attached hydrogen (secondary N) is 1. The van der Waals surface area contributed by atoms with Crippen molar-refractivity contribution < 1.29 is 13.2 Å². The Labute approximate surface area is 143 Å². The first-order chi connectivity index (χ1) is 11.4. The number of hydrogen-bond donors (Lipinski definition) is 1. The zero-order valence-corrected chi connectivity index (χ0v) is 14.9. The first kappa shape index (κ1) is 17.2. The molecule has 7 heteroatoms. The highest BCUT2D eigenvalue weighted by Gasteiger charge is 2.30. The second kappa shape index (κ2) is 7.11. The molecule has 1 unspecified atom stereocenters. The molecule has 2 heterocycles. The van der Waals surface area contributed by atoms with E-state index < -0.39 is 9.84 Å². The predicted octanol–water partition coefficient (Wildman–Crippen LogP) is 1.01. The molecule has 1 atom stereocenters. The lowest BCUT2D eigenvalue weighted by molar-refractivity contribution is 0.134. The number of amides is 2. The summed E-state index contributed by atoms with van der Waals surface area (Å²) in [5.41, 5.74) is 2.56. The van der Waals surface area contributed by atoms with E-state index >= 15 is 0 Å². The molecule has 1 N–H and O–H groups in total. The Morgan fingerprint density at radius 3 is 2.62 bits per heavy atom. The van der Waals surface area contributed by atoms with Gasteiger partial charge in [0.15, 0.2) is 9.84 Å². The second-order valence-electron chi connectivity index (χ2n) is 6.80. The van der Waals surface area contributed by atoms with Crippen LogP contribution in [0.15, 0.2) is 24.3 Å². The Hall–Kier alpha value is -1.60. The molecule has 2 fully saturated rings. The van der Waals surface area contributed by atoms with Crippen molar-refractivity contribution in [3.63, 3.8) is 0 Å². The van der Waals surface area contributed by atoms with E-state index in [-0.39, 0.29) is 23.6 Å². The van der Waals surface area contributed by atoms with Gasteiger partial charge in [-0.2, -0.15) is 0 Å². The Kier molecular flexibility index (Phi) is 5.10. The van der Waals surface area contributed by atoms with Gasteiger partial charge < -0.3 is 10.2 Å². The Morgan fingerprint density at radius 1 is 1.25 bits per heavy atom. The largest absolute Gasteiger partial charge is 0.334 e. The number of rotatable bonds is 3. The minimum absolute atomic E-state index is 0.0755. The van der Waals surface area contributed by atoms with Gasteiger partial charge in [0, 0.05) is 38.8 Å². The summed E-state index contributed by atoms with van der Waals surface area (Å²) in [5, 5.41) is 2.87. The van der Waals surface area contributed by atoms with Crippen molar-refractivity contribution >= 4 is 15.9 Å². The zero-order chi connectivity index (χ0) is 17.2. The molecule has 1 aromatic rings. The summed E-state index contributed by atoms with van der Waals surface area (Å²) in [4.78, 5) is 16.4. The van der Waals surface area contributed by atoms with Gasteiger partial charge in [0.2, 0.25) is 0 Å². The summed E-state index contributed by atoms with van der Waals surface area (Å²) < 4.78 is 22.9. The van der Waals surface area contributed by atoms with Crippen molar-refractivity contribution in [1.82, 2.24) is 15.1 Å². The highest BCUT2D eigenvalue weighted by Crippen LogP contribution is 2.13. The van der Waals surface area contributed by atoms with E-state index in [0.29, 0.717) is 19.5 Å². The molecule has 0 aliphatic carbocycles. The number of carbonyl (C=O) groups excluding carboxylic acids is 1. The van der Waals surface area contributed by atoms with E-state index in [9.17, 15) is 13.2 Å². The highest BCUT2D eigenvalue weighted by atomic mass is 32.2. The molecule has 2 aliphatic rings. The third-order valence-electron chi connectivity index (χ3n) is 4.71. The van der Waals surface area contributed by atoms with Crippen LogP contribution in [-0.2, 0) is 16.4 Å². The van der Waals surface area contributed by atoms with Crippen molar-refractivity contribution in [2.24, 2.45) is 0 Å². The third-order valence-corrected chi connectivity index (χ3v) is 6.48. The second-order valence-corrected chi connectivity index (χ2v) is 9.03. The summed E-state index contributed by atoms with van der Waals surface area (Å²) in [6, 6.07) is 8.13. The molecule has 1 aromatic carbocycles. The summed E-state index contributed by atoms with van der Waals surface area (Å²) in [6.07, 6.45) is 0.529. The van der Waals surface area contributed by atoms with Gasteiger partial charge in [-0.3, -0.25) is 4.90 Å². The SMILES string of the molecule is Cc1cccc(CN2CCN(C(=O)NC3CCS(=O)(=O)C3)CC2)c1. The van der Waals surface area contributed by atoms with Crippen molar-refractivity contribution in [3.8, 4) is 0 Å². The number of aryl methyl sites for hydroxylation is 1. The number of benzene rings is 1. The number of piperazine rings is 1. The number of carbonyl (C=O) groups is 1. The maximum absolute atomic E-state index is 12.3. The molecule has 0 aromatic heterocycles. The van der Waals surface area contributed by atoms with Crippen LogP contribution in [0.1, 0.15) is 17.5 Å². The van der Waals surface area contributed by atoms with Crippen molar-refractivity contribution in [1.29, 1.82) is 0 Å². The van der Waals surface area contributed by atoms with Crippen molar-refractivity contribution in [2.45, 2.75) is 25.9 Å². The average molecular weight is 351 g/mol. The first-order valence-corrected chi connectivity index (χ1v) is 10.3. The Morgan fingerprint density at radius 2 is 2.00 bits per heavy atom. The van der Waals surface area contributed by atoms with E-state index in [1.54, 1.807) is 4.90 Å². The lowest BCUT2D eigenvalue weighted by Gasteiger charge is -2.35. The van der Waals surface area contributed by atoms with Gasteiger partial charge in [-0.1, -0.05) is 29.8 Å². The molecule has 24 heavy (non-hydrogen) atoms. The van der Waals surface area contributed by atoms with Gasteiger partial charge in [-0.05, 0) is 18.9 Å². The van der Waals surface area contributed by atoms with E-state index in [1.807, 2.05) is 0 Å². The maximum Gasteiger partial charge on any atom is 0.317 e. The molecule has 0 radical (unpaired) electrons. The maximum atomic E-state index is 12.3. The average Bonchev–Trinajstić information content (AvgIpc) is 2.87. The van der Waals surface area contributed by atoms with E-state index in [0.717, 1.165) is 19.6 Å². The monoisotopic (exact) mass is 351 g/mol. The predicted molar refractivity (Wildman–Crippen MR) is 93.6 cm³/mol. The molecule has 3 rings (SSSR count). The van der Waals surface area contributed by atoms with Crippen molar-refractivity contribution in [3.05, 3.63) is 35.4 Å². The summed E-state index contributed by atoms with van der Waals surface area (Å²) >= 11 is 0. The summed E-state index contributed by atoms with van der Waals surface area (Å²) in [5.74, 6) is 0.258. The lowest BCUT2D eigenvalue weighted by atomic mass is 10.1. The van der Waals surface area contributed by atoms with Crippen LogP contribution >= 0.6 is 0 Å². The number of urea groups is 1. The van der Waals surface area contributed by atoms with E-state index in [2.05, 4.69) is 41.4 Å². The molecular weight excluding hydrogens is 326 g/mol. The molecule has 132 valence electrons. The van der Waals surface area contributed by atoms with Crippen LogP contribution in [-0.4, -0.2) is 68.0 Å².